The molecule has 2 heterocycles. The van der Waals surface area contributed by atoms with Crippen LogP contribution in [-0.2, 0) is 17.8 Å². The standard InChI is InChI=1S/C22H22N4O3/c1-29-16-6-7-19-15(14-16)10-12-26(19)13-11-23-21(27)9-8-20-24-18-5-3-2-4-17(18)22(28)25-20/h2-7,10,12,14H,8-9,11,13H2,1H3,(H,23,27)(H,24,25,28). The average Bonchev–Trinajstić information content (AvgIpc) is 3.14. The van der Waals surface area contributed by atoms with Crippen LogP contribution >= 0.6 is 0 Å². The van der Waals surface area contributed by atoms with E-state index in [-0.39, 0.29) is 17.9 Å². The highest BCUT2D eigenvalue weighted by Gasteiger charge is 2.07. The second kappa shape index (κ2) is 8.18. The predicted octanol–water partition coefficient (Wildman–Crippen LogP) is 2.64. The molecule has 7 heteroatoms. The van der Waals surface area contributed by atoms with Gasteiger partial charge in [-0.25, -0.2) is 4.98 Å². The lowest BCUT2D eigenvalue weighted by Gasteiger charge is -2.08. The first-order chi connectivity index (χ1) is 14.1. The molecule has 2 N–H and O–H groups in total. The minimum absolute atomic E-state index is 0.0704. The van der Waals surface area contributed by atoms with Crippen molar-refractivity contribution in [3.05, 3.63) is 70.9 Å². The van der Waals surface area contributed by atoms with Gasteiger partial charge in [0.25, 0.3) is 5.56 Å². The number of carbonyl (C=O) groups excluding carboxylic acids is 1. The van der Waals surface area contributed by atoms with E-state index in [4.69, 9.17) is 4.74 Å². The maximum absolute atomic E-state index is 12.2. The van der Waals surface area contributed by atoms with Crippen molar-refractivity contribution in [1.29, 1.82) is 0 Å². The number of aromatic nitrogens is 3. The van der Waals surface area contributed by atoms with Crippen LogP contribution in [-0.4, -0.2) is 34.1 Å². The second-order valence-corrected chi connectivity index (χ2v) is 6.81. The van der Waals surface area contributed by atoms with Gasteiger partial charge in [-0.05, 0) is 36.4 Å². The fraction of sp³-hybridized carbons (Fsp3) is 0.227. The number of fused-ring (bicyclic) bond motifs is 2. The Morgan fingerprint density at radius 3 is 2.93 bits per heavy atom. The normalized spacial score (nSPS) is 11.1. The van der Waals surface area contributed by atoms with Crippen LogP contribution in [0.1, 0.15) is 12.2 Å². The Bertz CT molecular complexity index is 1230. The molecule has 29 heavy (non-hydrogen) atoms. The zero-order chi connectivity index (χ0) is 20.2. The van der Waals surface area contributed by atoms with Gasteiger partial charge in [0, 0.05) is 43.0 Å². The molecule has 1 amide bonds. The number of H-pyrrole nitrogens is 1. The van der Waals surface area contributed by atoms with Gasteiger partial charge in [0.2, 0.25) is 5.91 Å². The lowest BCUT2D eigenvalue weighted by atomic mass is 10.2. The van der Waals surface area contributed by atoms with E-state index >= 15 is 0 Å². The monoisotopic (exact) mass is 390 g/mol. The summed E-state index contributed by atoms with van der Waals surface area (Å²) in [5, 5.41) is 4.58. The van der Waals surface area contributed by atoms with Gasteiger partial charge in [0.1, 0.15) is 11.6 Å². The van der Waals surface area contributed by atoms with Crippen LogP contribution < -0.4 is 15.6 Å². The highest BCUT2D eigenvalue weighted by atomic mass is 16.5. The number of nitrogens with one attached hydrogen (secondary N) is 2. The smallest absolute Gasteiger partial charge is 0.258 e. The molecule has 2 aromatic heterocycles. The molecule has 0 spiro atoms. The fourth-order valence-corrected chi connectivity index (χ4v) is 3.39. The van der Waals surface area contributed by atoms with Crippen LogP contribution in [0.15, 0.2) is 59.5 Å². The van der Waals surface area contributed by atoms with Crippen LogP contribution in [0.2, 0.25) is 0 Å². The molecule has 0 unspecified atom stereocenters. The third kappa shape index (κ3) is 4.13. The van der Waals surface area contributed by atoms with Crippen molar-refractivity contribution in [2.24, 2.45) is 0 Å². The van der Waals surface area contributed by atoms with Crippen molar-refractivity contribution in [3.8, 4) is 5.75 Å². The molecule has 0 aliphatic heterocycles. The van der Waals surface area contributed by atoms with Gasteiger partial charge < -0.3 is 19.6 Å². The lowest BCUT2D eigenvalue weighted by molar-refractivity contribution is -0.121. The minimum atomic E-state index is -0.179. The maximum atomic E-state index is 12.2. The summed E-state index contributed by atoms with van der Waals surface area (Å²) < 4.78 is 7.34. The summed E-state index contributed by atoms with van der Waals surface area (Å²) in [6.07, 6.45) is 2.66. The molecule has 2 aromatic carbocycles. The number of hydrogen-bond acceptors (Lipinski definition) is 4. The van der Waals surface area contributed by atoms with Crippen molar-refractivity contribution < 1.29 is 9.53 Å². The van der Waals surface area contributed by atoms with Crippen molar-refractivity contribution in [1.82, 2.24) is 19.9 Å². The van der Waals surface area contributed by atoms with Gasteiger partial charge in [0.15, 0.2) is 0 Å². The molecule has 7 nitrogen and oxygen atoms in total. The quantitative estimate of drug-likeness (QED) is 0.508. The molecule has 0 saturated heterocycles. The van der Waals surface area contributed by atoms with Crippen molar-refractivity contribution in [2.75, 3.05) is 13.7 Å². The van der Waals surface area contributed by atoms with E-state index in [2.05, 4.69) is 19.9 Å². The number of rotatable bonds is 7. The Labute approximate surface area is 167 Å². The number of amides is 1. The predicted molar refractivity (Wildman–Crippen MR) is 112 cm³/mol. The van der Waals surface area contributed by atoms with Gasteiger partial charge in [-0.1, -0.05) is 12.1 Å². The number of para-hydroxylation sites is 1. The summed E-state index contributed by atoms with van der Waals surface area (Å²) in [5.41, 5.74) is 1.56. The number of hydrogen-bond donors (Lipinski definition) is 2. The number of aromatic amines is 1. The SMILES string of the molecule is COc1ccc2c(ccn2CCNC(=O)CCc2nc3ccccc3c(=O)[nH]2)c1. The number of ether oxygens (including phenoxy) is 1. The van der Waals surface area contributed by atoms with E-state index in [1.165, 1.54) is 0 Å². The van der Waals surface area contributed by atoms with Crippen LogP contribution in [0.5, 0.6) is 5.75 Å². The average molecular weight is 390 g/mol. The minimum Gasteiger partial charge on any atom is -0.497 e. The van der Waals surface area contributed by atoms with Crippen LogP contribution in [0.3, 0.4) is 0 Å². The van der Waals surface area contributed by atoms with Crippen molar-refractivity contribution in [2.45, 2.75) is 19.4 Å². The molecule has 0 aliphatic rings. The first-order valence-corrected chi connectivity index (χ1v) is 9.51. The molecule has 4 aromatic rings. The van der Waals surface area contributed by atoms with E-state index in [9.17, 15) is 9.59 Å². The first-order valence-electron chi connectivity index (χ1n) is 9.51. The molecular formula is C22H22N4O3. The molecule has 0 fully saturated rings. The molecule has 0 bridgehead atoms. The summed E-state index contributed by atoms with van der Waals surface area (Å²) >= 11 is 0. The second-order valence-electron chi connectivity index (χ2n) is 6.81. The van der Waals surface area contributed by atoms with E-state index < -0.39 is 0 Å². The highest BCUT2D eigenvalue weighted by molar-refractivity contribution is 5.82. The Kier molecular flexibility index (Phi) is 5.29. The van der Waals surface area contributed by atoms with Crippen LogP contribution in [0.25, 0.3) is 21.8 Å². The number of aryl methyl sites for hydroxylation is 1. The van der Waals surface area contributed by atoms with Crippen molar-refractivity contribution in [3.63, 3.8) is 0 Å². The number of carbonyl (C=O) groups is 1. The molecule has 4 rings (SSSR count). The molecule has 0 saturated carbocycles. The van der Waals surface area contributed by atoms with Gasteiger partial charge in [-0.3, -0.25) is 9.59 Å². The summed E-state index contributed by atoms with van der Waals surface area (Å²) in [4.78, 5) is 31.5. The lowest BCUT2D eigenvalue weighted by Crippen LogP contribution is -2.27. The Balaban J connectivity index is 1.31. The van der Waals surface area contributed by atoms with Crippen LogP contribution in [0.4, 0.5) is 0 Å². The molecule has 0 radical (unpaired) electrons. The number of benzene rings is 2. The number of methoxy groups -OCH3 is 1. The zero-order valence-electron chi connectivity index (χ0n) is 16.1. The van der Waals surface area contributed by atoms with E-state index in [0.717, 1.165) is 16.7 Å². The van der Waals surface area contributed by atoms with E-state index in [1.807, 2.05) is 36.5 Å². The third-order valence-electron chi connectivity index (χ3n) is 4.90. The van der Waals surface area contributed by atoms with Gasteiger partial charge >= 0.3 is 0 Å². The Morgan fingerprint density at radius 2 is 2.07 bits per heavy atom. The van der Waals surface area contributed by atoms with Gasteiger partial charge in [-0.15, -0.1) is 0 Å². The van der Waals surface area contributed by atoms with Crippen molar-refractivity contribution >= 4 is 27.7 Å². The zero-order valence-corrected chi connectivity index (χ0v) is 16.1. The largest absolute Gasteiger partial charge is 0.497 e. The van der Waals surface area contributed by atoms with E-state index in [1.54, 1.807) is 25.3 Å². The van der Waals surface area contributed by atoms with E-state index in [0.29, 0.717) is 36.2 Å². The van der Waals surface area contributed by atoms with Crippen LogP contribution in [0, 0.1) is 0 Å². The van der Waals surface area contributed by atoms with Gasteiger partial charge in [-0.2, -0.15) is 0 Å². The topological polar surface area (TPSA) is 89.0 Å². The third-order valence-corrected chi connectivity index (χ3v) is 4.90. The highest BCUT2D eigenvalue weighted by Crippen LogP contribution is 2.21. The Morgan fingerprint density at radius 1 is 1.21 bits per heavy atom. The summed E-state index contributed by atoms with van der Waals surface area (Å²) in [5.74, 6) is 1.28. The summed E-state index contributed by atoms with van der Waals surface area (Å²) in [6, 6.07) is 15.1. The number of nitrogens with zero attached hydrogens (tertiary/aromatic N) is 2. The molecule has 0 atom stereocenters. The summed E-state index contributed by atoms with van der Waals surface area (Å²) in [7, 11) is 1.65. The molecule has 0 aliphatic carbocycles. The molecular weight excluding hydrogens is 368 g/mol. The van der Waals surface area contributed by atoms with Gasteiger partial charge in [0.05, 0.1) is 18.0 Å². The summed E-state index contributed by atoms with van der Waals surface area (Å²) in [6.45, 7) is 1.20. The maximum Gasteiger partial charge on any atom is 0.258 e. The first kappa shape index (κ1) is 18.7. The molecule has 148 valence electrons. The fourth-order valence-electron chi connectivity index (χ4n) is 3.39. The Hall–Kier alpha value is -3.61.